The molecule has 0 bridgehead atoms. The average molecular weight is 580 g/mol. The first-order valence-electron chi connectivity index (χ1n) is 14.7. The molecule has 4 heterocycles. The van der Waals surface area contributed by atoms with Crippen molar-refractivity contribution >= 4 is 53.3 Å². The lowest BCUT2D eigenvalue weighted by molar-refractivity contribution is 1.09. The fourth-order valence-electron chi connectivity index (χ4n) is 6.37. The number of benzene rings is 5. The van der Waals surface area contributed by atoms with Gasteiger partial charge in [-0.25, -0.2) is 9.97 Å². The molecule has 206 valence electrons. The van der Waals surface area contributed by atoms with E-state index in [0.717, 1.165) is 45.0 Å². The maximum atomic E-state index is 5.11. The molecule has 0 saturated heterocycles. The Bertz CT molecular complexity index is 2420. The van der Waals surface area contributed by atoms with Crippen molar-refractivity contribution in [2.75, 3.05) is 0 Å². The minimum absolute atomic E-state index is 0.908. The van der Waals surface area contributed by atoms with E-state index in [1.54, 1.807) is 0 Å². The summed E-state index contributed by atoms with van der Waals surface area (Å²) in [5.74, 6) is 0.908. The normalized spacial score (nSPS) is 11.6. The van der Waals surface area contributed by atoms with E-state index in [1.807, 2.05) is 29.7 Å². The smallest absolute Gasteiger partial charge is 0.137 e. The predicted molar refractivity (Wildman–Crippen MR) is 186 cm³/mol. The summed E-state index contributed by atoms with van der Waals surface area (Å²) in [6.07, 6.45) is 2.00. The van der Waals surface area contributed by atoms with Crippen LogP contribution in [0.3, 0.4) is 0 Å². The zero-order valence-corrected chi connectivity index (χ0v) is 24.5. The topological polar surface area (TPSA) is 30.7 Å². The molecule has 4 heteroatoms. The van der Waals surface area contributed by atoms with E-state index in [1.165, 1.54) is 36.5 Å². The van der Waals surface area contributed by atoms with Crippen LogP contribution in [-0.2, 0) is 0 Å². The van der Waals surface area contributed by atoms with Gasteiger partial charge in [0.05, 0.1) is 27.1 Å². The predicted octanol–water partition coefficient (Wildman–Crippen LogP) is 10.9. The van der Waals surface area contributed by atoms with Crippen LogP contribution in [0.1, 0.15) is 0 Å². The number of rotatable bonds is 4. The standard InChI is InChI=1S/C40H25N3S/c1-3-11-26(12-4-1)34-23-29(24-35(42-34)27-13-5-2-6-14-27)28-19-22-38(41-25-28)43-36-17-9-7-15-30(36)32-20-21-33-31-16-8-10-18-37(31)44-40(33)39(32)43/h1-25H. The molecule has 44 heavy (non-hydrogen) atoms. The van der Waals surface area contributed by atoms with E-state index in [2.05, 4.69) is 138 Å². The quantitative estimate of drug-likeness (QED) is 0.208. The van der Waals surface area contributed by atoms with Gasteiger partial charge >= 0.3 is 0 Å². The minimum atomic E-state index is 0.908. The lowest BCUT2D eigenvalue weighted by Gasteiger charge is -2.12. The average Bonchev–Trinajstić information content (AvgIpc) is 3.65. The van der Waals surface area contributed by atoms with Crippen molar-refractivity contribution in [3.8, 4) is 39.5 Å². The van der Waals surface area contributed by atoms with Gasteiger partial charge in [0.1, 0.15) is 5.82 Å². The molecule has 0 saturated carbocycles. The Morgan fingerprint density at radius 3 is 1.82 bits per heavy atom. The molecule has 9 rings (SSSR count). The maximum absolute atomic E-state index is 5.11. The summed E-state index contributed by atoms with van der Waals surface area (Å²) in [6.45, 7) is 0. The second kappa shape index (κ2) is 10.0. The van der Waals surface area contributed by atoms with Crippen molar-refractivity contribution in [3.05, 3.63) is 152 Å². The molecule has 0 atom stereocenters. The molecular weight excluding hydrogens is 555 g/mol. The molecule has 0 aliphatic heterocycles. The van der Waals surface area contributed by atoms with Gasteiger partial charge in [-0.3, -0.25) is 4.57 Å². The number of fused-ring (bicyclic) bond motifs is 7. The maximum Gasteiger partial charge on any atom is 0.137 e. The zero-order chi connectivity index (χ0) is 29.0. The van der Waals surface area contributed by atoms with Gasteiger partial charge in [0.15, 0.2) is 0 Å². The first kappa shape index (κ1) is 25.0. The Balaban J connectivity index is 1.24. The van der Waals surface area contributed by atoms with Gasteiger partial charge in [0, 0.05) is 49.1 Å². The van der Waals surface area contributed by atoms with Crippen LogP contribution < -0.4 is 0 Å². The number of hydrogen-bond acceptors (Lipinski definition) is 3. The second-order valence-corrected chi connectivity index (χ2v) is 12.1. The van der Waals surface area contributed by atoms with Crippen molar-refractivity contribution in [2.24, 2.45) is 0 Å². The third kappa shape index (κ3) is 3.96. The van der Waals surface area contributed by atoms with E-state index in [9.17, 15) is 0 Å². The van der Waals surface area contributed by atoms with Gasteiger partial charge in [-0.05, 0) is 42.0 Å². The molecule has 0 spiro atoms. The highest BCUT2D eigenvalue weighted by atomic mass is 32.1. The summed E-state index contributed by atoms with van der Waals surface area (Å²) in [7, 11) is 0. The van der Waals surface area contributed by atoms with Gasteiger partial charge in [-0.1, -0.05) is 109 Å². The van der Waals surface area contributed by atoms with E-state index in [-0.39, 0.29) is 0 Å². The summed E-state index contributed by atoms with van der Waals surface area (Å²) < 4.78 is 4.93. The number of pyridine rings is 2. The zero-order valence-electron chi connectivity index (χ0n) is 23.7. The molecule has 5 aromatic carbocycles. The van der Waals surface area contributed by atoms with Crippen LogP contribution in [0.2, 0.25) is 0 Å². The van der Waals surface area contributed by atoms with Crippen LogP contribution in [0.5, 0.6) is 0 Å². The third-order valence-corrected chi connectivity index (χ3v) is 9.65. The molecule has 9 aromatic rings. The SMILES string of the molecule is c1ccc(-c2cc(-c3ccc(-n4c5ccccc5c5ccc6c7ccccc7sc6c54)nc3)cc(-c3ccccc3)n2)cc1. The van der Waals surface area contributed by atoms with E-state index in [0.29, 0.717) is 0 Å². The summed E-state index contributed by atoms with van der Waals surface area (Å²) >= 11 is 1.86. The number of aromatic nitrogens is 3. The van der Waals surface area contributed by atoms with E-state index >= 15 is 0 Å². The van der Waals surface area contributed by atoms with Crippen molar-refractivity contribution in [1.29, 1.82) is 0 Å². The van der Waals surface area contributed by atoms with Crippen LogP contribution in [0, 0.1) is 0 Å². The molecular formula is C40H25N3S. The van der Waals surface area contributed by atoms with Crippen molar-refractivity contribution in [3.63, 3.8) is 0 Å². The van der Waals surface area contributed by atoms with Crippen molar-refractivity contribution < 1.29 is 0 Å². The van der Waals surface area contributed by atoms with Crippen LogP contribution in [-0.4, -0.2) is 14.5 Å². The Morgan fingerprint density at radius 2 is 1.11 bits per heavy atom. The van der Waals surface area contributed by atoms with Crippen LogP contribution in [0.4, 0.5) is 0 Å². The number of para-hydroxylation sites is 1. The lowest BCUT2D eigenvalue weighted by Crippen LogP contribution is -1.98. The Hall–Kier alpha value is -5.58. The summed E-state index contributed by atoms with van der Waals surface area (Å²) in [5, 5.41) is 5.08. The van der Waals surface area contributed by atoms with Gasteiger partial charge in [0.25, 0.3) is 0 Å². The number of thiophene rings is 1. The van der Waals surface area contributed by atoms with E-state index < -0.39 is 0 Å². The fourth-order valence-corrected chi connectivity index (χ4v) is 7.61. The molecule has 4 aromatic heterocycles. The van der Waals surface area contributed by atoms with Crippen molar-refractivity contribution in [1.82, 2.24) is 14.5 Å². The largest absolute Gasteiger partial charge is 0.292 e. The van der Waals surface area contributed by atoms with Gasteiger partial charge in [-0.15, -0.1) is 11.3 Å². The highest BCUT2D eigenvalue weighted by Gasteiger charge is 2.18. The Labute approximate surface area is 258 Å². The first-order valence-corrected chi connectivity index (χ1v) is 15.6. The third-order valence-electron chi connectivity index (χ3n) is 8.45. The molecule has 0 fully saturated rings. The molecule has 0 amide bonds. The molecule has 0 aliphatic rings. The van der Waals surface area contributed by atoms with Crippen LogP contribution in [0.15, 0.2) is 152 Å². The number of hydrogen-bond donors (Lipinski definition) is 0. The highest BCUT2D eigenvalue weighted by molar-refractivity contribution is 7.26. The van der Waals surface area contributed by atoms with Crippen LogP contribution >= 0.6 is 11.3 Å². The first-order chi connectivity index (χ1) is 21.8. The summed E-state index contributed by atoms with van der Waals surface area (Å²) in [5.41, 5.74) is 8.59. The summed E-state index contributed by atoms with van der Waals surface area (Å²) in [6, 6.07) is 51.3. The lowest BCUT2D eigenvalue weighted by atomic mass is 10.0. The molecule has 0 radical (unpaired) electrons. The monoisotopic (exact) mass is 579 g/mol. The molecule has 0 unspecified atom stereocenters. The summed E-state index contributed by atoms with van der Waals surface area (Å²) in [4.78, 5) is 10.2. The highest BCUT2D eigenvalue weighted by Crippen LogP contribution is 2.42. The minimum Gasteiger partial charge on any atom is -0.292 e. The second-order valence-electron chi connectivity index (χ2n) is 11.1. The van der Waals surface area contributed by atoms with Gasteiger partial charge < -0.3 is 0 Å². The van der Waals surface area contributed by atoms with Gasteiger partial charge in [0.2, 0.25) is 0 Å². The number of nitrogens with zero attached hydrogens (tertiary/aromatic N) is 3. The van der Waals surface area contributed by atoms with Crippen molar-refractivity contribution in [2.45, 2.75) is 0 Å². The fraction of sp³-hybridized carbons (Fsp3) is 0. The Kier molecular flexibility index (Phi) is 5.68. The molecule has 0 aliphatic carbocycles. The van der Waals surface area contributed by atoms with Gasteiger partial charge in [-0.2, -0.15) is 0 Å². The van der Waals surface area contributed by atoms with Crippen LogP contribution in [0.25, 0.3) is 81.4 Å². The molecule has 3 nitrogen and oxygen atoms in total. The molecule has 0 N–H and O–H groups in total. The Morgan fingerprint density at radius 1 is 0.477 bits per heavy atom. The van der Waals surface area contributed by atoms with E-state index in [4.69, 9.17) is 9.97 Å².